The number of ether oxygens (including phenoxy) is 1. The minimum absolute atomic E-state index is 0.0278. The molecular weight excluding hydrogens is 438 g/mol. The van der Waals surface area contributed by atoms with Crippen molar-refractivity contribution in [1.82, 2.24) is 5.32 Å². The van der Waals surface area contributed by atoms with Crippen LogP contribution in [0.1, 0.15) is 90.9 Å². The number of cyclic esters (lactones) is 1. The summed E-state index contributed by atoms with van der Waals surface area (Å²) >= 11 is 0. The van der Waals surface area contributed by atoms with E-state index in [4.69, 9.17) is 4.74 Å². The second-order valence-electron chi connectivity index (χ2n) is 13.7. The van der Waals surface area contributed by atoms with Crippen molar-refractivity contribution in [3.05, 3.63) is 22.8 Å². The molecule has 7 aliphatic rings. The number of aliphatic hydroxyl groups is 2. The lowest BCUT2D eigenvalue weighted by Gasteiger charge is -2.59. The molecule has 0 radical (unpaired) electrons. The van der Waals surface area contributed by atoms with E-state index in [1.165, 1.54) is 44.1 Å². The van der Waals surface area contributed by atoms with Crippen LogP contribution in [0.2, 0.25) is 0 Å². The largest absolute Gasteiger partial charge is 0.458 e. The van der Waals surface area contributed by atoms with Gasteiger partial charge < -0.3 is 20.3 Å². The molecule has 0 unspecified atom stereocenters. The third-order valence-corrected chi connectivity index (χ3v) is 11.6. The summed E-state index contributed by atoms with van der Waals surface area (Å²) in [6, 6.07) is 0. The molecule has 194 valence electrons. The summed E-state index contributed by atoms with van der Waals surface area (Å²) in [5.41, 5.74) is 3.68. The zero-order chi connectivity index (χ0) is 24.4. The zero-order valence-corrected chi connectivity index (χ0v) is 21.8. The van der Waals surface area contributed by atoms with E-state index >= 15 is 0 Å². The molecule has 5 nitrogen and oxygen atoms in total. The minimum atomic E-state index is -0.470. The minimum Gasteiger partial charge on any atom is -0.458 e. The number of hydrogen-bond acceptors (Lipinski definition) is 5. The molecule has 4 bridgehead atoms. The van der Waals surface area contributed by atoms with E-state index in [9.17, 15) is 15.0 Å². The van der Waals surface area contributed by atoms with Crippen LogP contribution < -0.4 is 5.32 Å². The second-order valence-corrected chi connectivity index (χ2v) is 13.7. The van der Waals surface area contributed by atoms with Gasteiger partial charge in [0.2, 0.25) is 0 Å². The normalized spacial score (nSPS) is 46.6. The van der Waals surface area contributed by atoms with Crippen molar-refractivity contribution < 1.29 is 19.7 Å². The molecule has 0 aromatic heterocycles. The maximum atomic E-state index is 12.2. The van der Waals surface area contributed by atoms with Crippen LogP contribution in [-0.2, 0) is 9.53 Å². The molecule has 4 atom stereocenters. The number of hydrogen-bond donors (Lipinski definition) is 3. The fourth-order valence-electron chi connectivity index (χ4n) is 10.1. The monoisotopic (exact) mass is 483 g/mol. The molecular formula is C30H45NO4. The molecule has 0 amide bonds. The SMILES string of the molecule is C[C@@]1(CO)[C@H](O)CC[C@@]2(C)C(CCC3=CCOC3=O)=C(CNC34CC5CC(CC(C5)C3)C4)CC[C@H]12. The summed E-state index contributed by atoms with van der Waals surface area (Å²) in [6.07, 6.45) is 15.3. The standard InChI is InChI=1S/C30H45NO4/c1-28-9-7-26(33)29(2,18-32)25(28)6-4-23(24(28)5-3-22-8-10-35-27(22)34)17-31-30-14-19-11-20(15-30)13-21(12-19)16-30/h8,19-21,25-26,31-33H,3-7,9-18H2,1-2H3/t19?,20?,21?,25-,26+,28-,29-,30?/m0/s1. The van der Waals surface area contributed by atoms with Gasteiger partial charge in [-0.3, -0.25) is 0 Å². The number of carbonyl (C=O) groups excluding carboxylic acids is 1. The fourth-order valence-corrected chi connectivity index (χ4v) is 10.1. The predicted octanol–water partition coefficient (Wildman–Crippen LogP) is 4.67. The van der Waals surface area contributed by atoms with Gasteiger partial charge in [-0.15, -0.1) is 0 Å². The van der Waals surface area contributed by atoms with E-state index < -0.39 is 11.5 Å². The Hall–Kier alpha value is -1.17. The van der Waals surface area contributed by atoms with Crippen molar-refractivity contribution in [3.63, 3.8) is 0 Å². The third kappa shape index (κ3) is 3.95. The lowest BCUT2D eigenvalue weighted by atomic mass is 9.48. The highest BCUT2D eigenvalue weighted by Crippen LogP contribution is 2.61. The van der Waals surface area contributed by atoms with Gasteiger partial charge in [0.05, 0.1) is 12.7 Å². The highest BCUT2D eigenvalue weighted by atomic mass is 16.5. The van der Waals surface area contributed by atoms with Gasteiger partial charge in [0.1, 0.15) is 6.61 Å². The Balaban J connectivity index is 1.28. The molecule has 3 N–H and O–H groups in total. The summed E-state index contributed by atoms with van der Waals surface area (Å²) < 4.78 is 5.19. The average molecular weight is 484 g/mol. The topological polar surface area (TPSA) is 78.8 Å². The van der Waals surface area contributed by atoms with Crippen LogP contribution in [0.25, 0.3) is 0 Å². The molecule has 35 heavy (non-hydrogen) atoms. The number of aliphatic hydroxyl groups excluding tert-OH is 2. The molecule has 5 heteroatoms. The molecule has 7 rings (SSSR count). The number of fused-ring (bicyclic) bond motifs is 1. The highest BCUT2D eigenvalue weighted by molar-refractivity contribution is 5.90. The maximum absolute atomic E-state index is 12.2. The molecule has 0 spiro atoms. The first-order valence-corrected chi connectivity index (χ1v) is 14.4. The maximum Gasteiger partial charge on any atom is 0.334 e. The molecule has 1 heterocycles. The van der Waals surface area contributed by atoms with Crippen molar-refractivity contribution in [2.45, 2.75) is 103 Å². The summed E-state index contributed by atoms with van der Waals surface area (Å²) in [6.45, 7) is 5.87. The summed E-state index contributed by atoms with van der Waals surface area (Å²) in [5.74, 6) is 2.89. The number of esters is 1. The van der Waals surface area contributed by atoms with Crippen molar-refractivity contribution >= 4 is 5.97 Å². The van der Waals surface area contributed by atoms with Crippen LogP contribution in [0, 0.1) is 34.5 Å². The van der Waals surface area contributed by atoms with Crippen molar-refractivity contribution in [3.8, 4) is 0 Å². The van der Waals surface area contributed by atoms with E-state index in [0.29, 0.717) is 12.1 Å². The quantitative estimate of drug-likeness (QED) is 0.362. The number of rotatable bonds is 7. The number of allylic oxidation sites excluding steroid dienone is 1. The molecule has 0 aromatic carbocycles. The molecule has 0 aromatic rings. The molecule has 5 fully saturated rings. The Morgan fingerprint density at radius 2 is 1.74 bits per heavy atom. The Morgan fingerprint density at radius 1 is 1.06 bits per heavy atom. The number of nitrogens with one attached hydrogen (secondary N) is 1. The molecule has 0 saturated heterocycles. The van der Waals surface area contributed by atoms with Gasteiger partial charge in [0, 0.05) is 23.1 Å². The van der Waals surface area contributed by atoms with E-state index in [1.54, 1.807) is 5.57 Å². The lowest BCUT2D eigenvalue weighted by molar-refractivity contribution is -0.136. The first kappa shape index (κ1) is 24.2. The van der Waals surface area contributed by atoms with Crippen LogP contribution >= 0.6 is 0 Å². The van der Waals surface area contributed by atoms with Gasteiger partial charge in [0.25, 0.3) is 0 Å². The summed E-state index contributed by atoms with van der Waals surface area (Å²) in [5, 5.41) is 25.5. The first-order valence-electron chi connectivity index (χ1n) is 14.4. The van der Waals surface area contributed by atoms with Gasteiger partial charge in [0.15, 0.2) is 0 Å². The molecule has 6 aliphatic carbocycles. The molecule has 1 aliphatic heterocycles. The van der Waals surface area contributed by atoms with Crippen LogP contribution in [0.4, 0.5) is 0 Å². The fraction of sp³-hybridized carbons (Fsp3) is 0.833. The van der Waals surface area contributed by atoms with E-state index in [1.807, 2.05) is 6.08 Å². The third-order valence-electron chi connectivity index (χ3n) is 11.6. The van der Waals surface area contributed by atoms with Crippen LogP contribution in [-0.4, -0.2) is 47.6 Å². The van der Waals surface area contributed by atoms with Crippen LogP contribution in [0.5, 0.6) is 0 Å². The van der Waals surface area contributed by atoms with Crippen molar-refractivity contribution in [2.75, 3.05) is 19.8 Å². The van der Waals surface area contributed by atoms with Gasteiger partial charge >= 0.3 is 5.97 Å². The van der Waals surface area contributed by atoms with Gasteiger partial charge in [-0.2, -0.15) is 0 Å². The zero-order valence-electron chi connectivity index (χ0n) is 21.8. The summed E-state index contributed by atoms with van der Waals surface area (Å²) in [4.78, 5) is 12.2. The van der Waals surface area contributed by atoms with Gasteiger partial charge in [-0.1, -0.05) is 25.0 Å². The Morgan fingerprint density at radius 3 is 2.34 bits per heavy atom. The second kappa shape index (κ2) is 8.70. The predicted molar refractivity (Wildman–Crippen MR) is 135 cm³/mol. The van der Waals surface area contributed by atoms with Gasteiger partial charge in [-0.05, 0) is 112 Å². The van der Waals surface area contributed by atoms with Crippen LogP contribution in [0.15, 0.2) is 22.8 Å². The average Bonchev–Trinajstić information content (AvgIpc) is 3.23. The van der Waals surface area contributed by atoms with E-state index in [-0.39, 0.29) is 23.9 Å². The van der Waals surface area contributed by atoms with Crippen molar-refractivity contribution in [1.29, 1.82) is 0 Å². The number of carbonyl (C=O) groups is 1. The van der Waals surface area contributed by atoms with E-state index in [0.717, 1.165) is 68.4 Å². The Labute approximate surface area is 210 Å². The lowest BCUT2D eigenvalue weighted by Crippen LogP contribution is -2.59. The van der Waals surface area contributed by atoms with Gasteiger partial charge in [-0.25, -0.2) is 4.79 Å². The highest BCUT2D eigenvalue weighted by Gasteiger charge is 2.56. The first-order chi connectivity index (χ1) is 16.7. The smallest absolute Gasteiger partial charge is 0.334 e. The van der Waals surface area contributed by atoms with E-state index in [2.05, 4.69) is 19.2 Å². The Kier molecular flexibility index (Phi) is 6.01. The summed E-state index contributed by atoms with van der Waals surface area (Å²) in [7, 11) is 0. The molecule has 5 saturated carbocycles. The van der Waals surface area contributed by atoms with Crippen molar-refractivity contribution in [2.24, 2.45) is 34.5 Å². The van der Waals surface area contributed by atoms with Crippen LogP contribution in [0.3, 0.4) is 0 Å². The Bertz CT molecular complexity index is 901.